The van der Waals surface area contributed by atoms with Gasteiger partial charge in [-0.2, -0.15) is 0 Å². The highest BCUT2D eigenvalue weighted by atomic mass is 32.1. The monoisotopic (exact) mass is 202 g/mol. The number of likely N-dealkylation sites (tertiary alicyclic amines) is 1. The van der Waals surface area contributed by atoms with Crippen LogP contribution in [0.3, 0.4) is 0 Å². The molecule has 3 N–H and O–H groups in total. The van der Waals surface area contributed by atoms with E-state index in [1.54, 1.807) is 0 Å². The molecular weight excluding hydrogens is 184 g/mol. The fourth-order valence-corrected chi connectivity index (χ4v) is 1.89. The first-order valence-corrected chi connectivity index (χ1v) is 5.14. The second-order valence-electron chi connectivity index (χ2n) is 3.86. The van der Waals surface area contributed by atoms with Gasteiger partial charge < -0.3 is 10.8 Å². The van der Waals surface area contributed by atoms with Crippen molar-refractivity contribution in [1.29, 1.82) is 0 Å². The van der Waals surface area contributed by atoms with Gasteiger partial charge in [0, 0.05) is 6.54 Å². The maximum atomic E-state index is 9.40. The Morgan fingerprint density at radius 3 is 2.62 bits per heavy atom. The first-order chi connectivity index (χ1) is 6.02. The molecule has 0 aliphatic carbocycles. The molecule has 1 heterocycles. The van der Waals surface area contributed by atoms with Gasteiger partial charge in [-0.3, -0.25) is 4.90 Å². The van der Waals surface area contributed by atoms with E-state index in [1.807, 2.05) is 13.8 Å². The predicted octanol–water partition coefficient (Wildman–Crippen LogP) is 0.364. The maximum Gasteiger partial charge on any atom is 0.0899 e. The summed E-state index contributed by atoms with van der Waals surface area (Å²) in [5.41, 5.74) is 5.56. The molecule has 1 aliphatic rings. The quantitative estimate of drug-likeness (QED) is 0.649. The van der Waals surface area contributed by atoms with Crippen molar-refractivity contribution in [2.24, 2.45) is 11.7 Å². The standard InChI is InChI=1S/C9H18N2OS/c1-6(9(10)13)11-4-3-8(5-11)7(2)12/h6-8,12H,3-5H2,1-2H3,(H2,10,13). The zero-order chi connectivity index (χ0) is 10.0. The van der Waals surface area contributed by atoms with Crippen molar-refractivity contribution < 1.29 is 5.11 Å². The lowest BCUT2D eigenvalue weighted by Gasteiger charge is -2.23. The third-order valence-corrected chi connectivity index (χ3v) is 3.24. The van der Waals surface area contributed by atoms with Crippen LogP contribution in [0.5, 0.6) is 0 Å². The van der Waals surface area contributed by atoms with Gasteiger partial charge in [0.05, 0.1) is 17.1 Å². The molecule has 76 valence electrons. The van der Waals surface area contributed by atoms with E-state index in [-0.39, 0.29) is 12.1 Å². The van der Waals surface area contributed by atoms with Gasteiger partial charge in [-0.15, -0.1) is 0 Å². The lowest BCUT2D eigenvalue weighted by molar-refractivity contribution is 0.126. The minimum absolute atomic E-state index is 0.166. The van der Waals surface area contributed by atoms with Gasteiger partial charge in [0.15, 0.2) is 0 Å². The van der Waals surface area contributed by atoms with Crippen LogP contribution in [0.2, 0.25) is 0 Å². The van der Waals surface area contributed by atoms with Crippen molar-refractivity contribution in [2.45, 2.75) is 32.4 Å². The molecule has 3 nitrogen and oxygen atoms in total. The van der Waals surface area contributed by atoms with Gasteiger partial charge in [-0.25, -0.2) is 0 Å². The van der Waals surface area contributed by atoms with Gasteiger partial charge in [0.25, 0.3) is 0 Å². The van der Waals surface area contributed by atoms with E-state index in [9.17, 15) is 5.11 Å². The Bertz CT molecular complexity index is 196. The molecule has 0 saturated carbocycles. The zero-order valence-corrected chi connectivity index (χ0v) is 9.05. The van der Waals surface area contributed by atoms with E-state index in [2.05, 4.69) is 4.90 Å². The molecule has 0 spiro atoms. The minimum Gasteiger partial charge on any atom is -0.393 e. The average molecular weight is 202 g/mol. The van der Waals surface area contributed by atoms with Crippen LogP contribution in [0.1, 0.15) is 20.3 Å². The molecular formula is C9H18N2OS. The molecule has 0 radical (unpaired) electrons. The van der Waals surface area contributed by atoms with Crippen LogP contribution >= 0.6 is 12.2 Å². The van der Waals surface area contributed by atoms with Gasteiger partial charge >= 0.3 is 0 Å². The molecule has 1 saturated heterocycles. The summed E-state index contributed by atoms with van der Waals surface area (Å²) in [4.78, 5) is 2.78. The molecule has 3 unspecified atom stereocenters. The van der Waals surface area contributed by atoms with Crippen LogP contribution in [0, 0.1) is 5.92 Å². The molecule has 1 rings (SSSR count). The van der Waals surface area contributed by atoms with Gasteiger partial charge in [-0.05, 0) is 32.7 Å². The number of hydrogen-bond acceptors (Lipinski definition) is 3. The van der Waals surface area contributed by atoms with Crippen LogP contribution in [-0.4, -0.2) is 40.2 Å². The Kier molecular flexibility index (Phi) is 3.64. The summed E-state index contributed by atoms with van der Waals surface area (Å²) in [5.74, 6) is 0.386. The number of nitrogens with zero attached hydrogens (tertiary/aromatic N) is 1. The molecule has 0 aromatic heterocycles. The van der Waals surface area contributed by atoms with Crippen molar-refractivity contribution in [3.05, 3.63) is 0 Å². The van der Waals surface area contributed by atoms with Crippen LogP contribution in [0.25, 0.3) is 0 Å². The van der Waals surface area contributed by atoms with Crippen molar-refractivity contribution >= 4 is 17.2 Å². The van der Waals surface area contributed by atoms with Crippen molar-refractivity contribution in [3.63, 3.8) is 0 Å². The summed E-state index contributed by atoms with van der Waals surface area (Å²) in [7, 11) is 0. The Balaban J connectivity index is 2.45. The first kappa shape index (κ1) is 10.9. The molecule has 4 heteroatoms. The normalized spacial score (nSPS) is 28.7. The summed E-state index contributed by atoms with van der Waals surface area (Å²) < 4.78 is 0. The van der Waals surface area contributed by atoms with Crippen molar-refractivity contribution in [1.82, 2.24) is 4.90 Å². The first-order valence-electron chi connectivity index (χ1n) is 4.73. The van der Waals surface area contributed by atoms with E-state index in [4.69, 9.17) is 18.0 Å². The molecule has 0 bridgehead atoms. The maximum absolute atomic E-state index is 9.40. The SMILES string of the molecule is CC(O)C1CCN(C(C)C(N)=S)C1. The molecule has 0 aromatic carbocycles. The van der Waals surface area contributed by atoms with Crippen molar-refractivity contribution in [2.75, 3.05) is 13.1 Å². The highest BCUT2D eigenvalue weighted by Gasteiger charge is 2.29. The predicted molar refractivity (Wildman–Crippen MR) is 57.6 cm³/mol. The van der Waals surface area contributed by atoms with E-state index < -0.39 is 0 Å². The lowest BCUT2D eigenvalue weighted by atomic mass is 10.0. The summed E-state index contributed by atoms with van der Waals surface area (Å²) in [6.45, 7) is 5.77. The fourth-order valence-electron chi connectivity index (χ4n) is 1.74. The van der Waals surface area contributed by atoms with Crippen LogP contribution in [-0.2, 0) is 0 Å². The zero-order valence-electron chi connectivity index (χ0n) is 8.23. The number of thiocarbonyl (C=S) groups is 1. The average Bonchev–Trinajstić information content (AvgIpc) is 2.50. The van der Waals surface area contributed by atoms with Gasteiger partial charge in [-0.1, -0.05) is 12.2 Å². The Morgan fingerprint density at radius 1 is 1.62 bits per heavy atom. The summed E-state index contributed by atoms with van der Waals surface area (Å²) >= 11 is 4.93. The molecule has 13 heavy (non-hydrogen) atoms. The number of hydrogen-bond donors (Lipinski definition) is 2. The van der Waals surface area contributed by atoms with Crippen LogP contribution < -0.4 is 5.73 Å². The Hall–Kier alpha value is -0.190. The Labute approximate surface area is 84.9 Å². The van der Waals surface area contributed by atoms with E-state index in [0.717, 1.165) is 19.5 Å². The van der Waals surface area contributed by atoms with E-state index in [1.165, 1.54) is 0 Å². The number of nitrogens with two attached hydrogens (primary N) is 1. The molecule has 0 amide bonds. The second kappa shape index (κ2) is 4.35. The second-order valence-corrected chi connectivity index (χ2v) is 4.33. The van der Waals surface area contributed by atoms with Crippen molar-refractivity contribution in [3.8, 4) is 0 Å². The van der Waals surface area contributed by atoms with E-state index >= 15 is 0 Å². The number of rotatable bonds is 3. The van der Waals surface area contributed by atoms with Gasteiger partial charge in [0.1, 0.15) is 0 Å². The molecule has 1 aliphatic heterocycles. The largest absolute Gasteiger partial charge is 0.393 e. The molecule has 1 fully saturated rings. The van der Waals surface area contributed by atoms with Crippen LogP contribution in [0.4, 0.5) is 0 Å². The molecule has 3 atom stereocenters. The summed E-state index contributed by atoms with van der Waals surface area (Å²) in [6, 6.07) is 0.166. The number of aliphatic hydroxyl groups excluding tert-OH is 1. The summed E-state index contributed by atoms with van der Waals surface area (Å²) in [5, 5.41) is 9.40. The molecule has 0 aromatic rings. The Morgan fingerprint density at radius 2 is 2.23 bits per heavy atom. The lowest BCUT2D eigenvalue weighted by Crippen LogP contribution is -2.40. The highest BCUT2D eigenvalue weighted by Crippen LogP contribution is 2.21. The third kappa shape index (κ3) is 2.62. The third-order valence-electron chi connectivity index (χ3n) is 2.90. The fraction of sp³-hybridized carbons (Fsp3) is 0.889. The topological polar surface area (TPSA) is 49.5 Å². The smallest absolute Gasteiger partial charge is 0.0899 e. The van der Waals surface area contributed by atoms with Gasteiger partial charge in [0.2, 0.25) is 0 Å². The highest BCUT2D eigenvalue weighted by molar-refractivity contribution is 7.80. The van der Waals surface area contributed by atoms with E-state index in [0.29, 0.717) is 10.9 Å². The minimum atomic E-state index is -0.219. The van der Waals surface area contributed by atoms with Crippen LogP contribution in [0.15, 0.2) is 0 Å². The number of aliphatic hydroxyl groups is 1. The summed E-state index contributed by atoms with van der Waals surface area (Å²) in [6.07, 6.45) is 0.827.